The Labute approximate surface area is 165 Å². The van der Waals surface area contributed by atoms with Crippen molar-refractivity contribution in [1.29, 1.82) is 0 Å². The Morgan fingerprint density at radius 1 is 0.966 bits per heavy atom. The monoisotopic (exact) mass is 386 g/mol. The minimum Gasteiger partial charge on any atom is -0.485 e. The molecule has 7 heteroatoms. The quantitative estimate of drug-likeness (QED) is 0.569. The van der Waals surface area contributed by atoms with Gasteiger partial charge in [0.15, 0.2) is 0 Å². The highest BCUT2D eigenvalue weighted by atomic mass is 19.1. The number of pyridine rings is 3. The molecule has 0 aliphatic carbocycles. The summed E-state index contributed by atoms with van der Waals surface area (Å²) in [5.74, 6) is 0.307. The van der Waals surface area contributed by atoms with Crippen molar-refractivity contribution in [2.75, 3.05) is 5.73 Å². The Hall–Kier alpha value is -4.00. The molecule has 2 N–H and O–H groups in total. The van der Waals surface area contributed by atoms with Crippen LogP contribution in [0.5, 0.6) is 5.75 Å². The van der Waals surface area contributed by atoms with Crippen LogP contribution >= 0.6 is 0 Å². The summed E-state index contributed by atoms with van der Waals surface area (Å²) in [7, 11) is 0. The maximum absolute atomic E-state index is 14.7. The summed E-state index contributed by atoms with van der Waals surface area (Å²) in [6, 6.07) is 14.9. The predicted octanol–water partition coefficient (Wildman–Crippen LogP) is 3.58. The topological polar surface area (TPSA) is 83.0 Å². The number of nitrogen functional groups attached to an aromatic ring is 1. The van der Waals surface area contributed by atoms with Crippen LogP contribution in [0.2, 0.25) is 0 Å². The number of nitrogens with two attached hydrogens (primary N) is 1. The molecule has 0 saturated heterocycles. The zero-order valence-electron chi connectivity index (χ0n) is 15.2. The van der Waals surface area contributed by atoms with Gasteiger partial charge in [-0.2, -0.15) is 0 Å². The Balaban J connectivity index is 1.91. The van der Waals surface area contributed by atoms with Crippen molar-refractivity contribution in [3.05, 3.63) is 88.9 Å². The van der Waals surface area contributed by atoms with Gasteiger partial charge < -0.3 is 10.5 Å². The van der Waals surface area contributed by atoms with Gasteiger partial charge >= 0.3 is 0 Å². The summed E-state index contributed by atoms with van der Waals surface area (Å²) in [5, 5.41) is 0. The Morgan fingerprint density at radius 3 is 2.59 bits per heavy atom. The van der Waals surface area contributed by atoms with Crippen molar-refractivity contribution >= 4 is 5.82 Å². The van der Waals surface area contributed by atoms with Gasteiger partial charge in [-0.05, 0) is 42.5 Å². The van der Waals surface area contributed by atoms with Gasteiger partial charge in [0.05, 0.1) is 16.9 Å². The largest absolute Gasteiger partial charge is 0.485 e. The van der Waals surface area contributed by atoms with Crippen molar-refractivity contribution in [2.24, 2.45) is 0 Å². The van der Waals surface area contributed by atoms with Gasteiger partial charge in [-0.25, -0.2) is 9.37 Å². The van der Waals surface area contributed by atoms with E-state index in [2.05, 4.69) is 9.97 Å². The average molecular weight is 386 g/mol. The minimum atomic E-state index is -0.514. The first-order chi connectivity index (χ1) is 14.1. The van der Waals surface area contributed by atoms with E-state index in [0.717, 1.165) is 0 Å². The number of para-hydroxylation sites is 1. The maximum atomic E-state index is 14.7. The van der Waals surface area contributed by atoms with Crippen molar-refractivity contribution in [2.45, 2.75) is 6.61 Å². The number of rotatable bonds is 2. The molecule has 1 aromatic carbocycles. The number of benzene rings is 1. The van der Waals surface area contributed by atoms with Gasteiger partial charge in [0, 0.05) is 23.5 Å². The zero-order valence-corrected chi connectivity index (χ0v) is 15.2. The standard InChI is InChI=1S/C22H15FN4O2/c23-16-6-1-2-7-17(16)27-18-12-29-19-8-4-9-25-20(19)15(18)11-14(22(27)28)13-5-3-10-26-21(13)24/h1-11H,12H2,(H2,24,26). The van der Waals surface area contributed by atoms with Crippen LogP contribution in [0.15, 0.2) is 71.8 Å². The second-order valence-corrected chi connectivity index (χ2v) is 6.59. The number of hydrogen-bond acceptors (Lipinski definition) is 5. The van der Waals surface area contributed by atoms with E-state index in [1.54, 1.807) is 54.9 Å². The summed E-state index contributed by atoms with van der Waals surface area (Å²) in [6.07, 6.45) is 3.20. The van der Waals surface area contributed by atoms with Crippen molar-refractivity contribution in [3.8, 4) is 33.8 Å². The van der Waals surface area contributed by atoms with E-state index in [1.165, 1.54) is 10.6 Å². The molecular weight excluding hydrogens is 371 g/mol. The number of halogens is 1. The molecule has 0 atom stereocenters. The molecule has 1 aliphatic heterocycles. The molecule has 4 aromatic rings. The number of hydrogen-bond donors (Lipinski definition) is 1. The molecule has 0 amide bonds. The van der Waals surface area contributed by atoms with Crippen LogP contribution in [-0.2, 0) is 6.61 Å². The highest BCUT2D eigenvalue weighted by molar-refractivity contribution is 5.80. The third-order valence-corrected chi connectivity index (χ3v) is 4.92. The third kappa shape index (κ3) is 2.67. The Bertz CT molecular complexity index is 1320. The van der Waals surface area contributed by atoms with Gasteiger partial charge in [-0.3, -0.25) is 14.3 Å². The second kappa shape index (κ2) is 6.56. The number of anilines is 1. The fourth-order valence-corrected chi connectivity index (χ4v) is 3.58. The SMILES string of the molecule is Nc1ncccc1-c1cc2c(n(-c3ccccc3F)c1=O)COc1cccnc1-2. The van der Waals surface area contributed by atoms with Crippen LogP contribution in [0, 0.1) is 5.82 Å². The molecule has 142 valence electrons. The lowest BCUT2D eigenvalue weighted by Crippen LogP contribution is -2.28. The van der Waals surface area contributed by atoms with Gasteiger partial charge in [-0.15, -0.1) is 0 Å². The third-order valence-electron chi connectivity index (χ3n) is 4.92. The van der Waals surface area contributed by atoms with Gasteiger partial charge in [0.25, 0.3) is 5.56 Å². The highest BCUT2D eigenvalue weighted by Gasteiger charge is 2.26. The average Bonchev–Trinajstić information content (AvgIpc) is 2.74. The van der Waals surface area contributed by atoms with E-state index in [9.17, 15) is 9.18 Å². The molecule has 5 rings (SSSR count). The Kier molecular flexibility index (Phi) is 3.87. The summed E-state index contributed by atoms with van der Waals surface area (Å²) in [5.41, 5.74) is 8.37. The zero-order chi connectivity index (χ0) is 20.0. The van der Waals surface area contributed by atoms with E-state index in [0.29, 0.717) is 33.8 Å². The lowest BCUT2D eigenvalue weighted by atomic mass is 9.99. The molecule has 6 nitrogen and oxygen atoms in total. The van der Waals surface area contributed by atoms with E-state index < -0.39 is 11.4 Å². The van der Waals surface area contributed by atoms with E-state index in [1.807, 2.05) is 6.07 Å². The van der Waals surface area contributed by atoms with E-state index in [-0.39, 0.29) is 18.1 Å². The summed E-state index contributed by atoms with van der Waals surface area (Å²) in [4.78, 5) is 22.0. The van der Waals surface area contributed by atoms with E-state index in [4.69, 9.17) is 10.5 Å². The number of nitrogens with zero attached hydrogens (tertiary/aromatic N) is 3. The molecule has 3 aromatic heterocycles. The molecule has 1 aliphatic rings. The highest BCUT2D eigenvalue weighted by Crippen LogP contribution is 2.38. The first-order valence-electron chi connectivity index (χ1n) is 8.98. The first-order valence-corrected chi connectivity index (χ1v) is 8.98. The first kappa shape index (κ1) is 17.1. The molecule has 0 bridgehead atoms. The van der Waals surface area contributed by atoms with Crippen molar-refractivity contribution in [1.82, 2.24) is 14.5 Å². The fourth-order valence-electron chi connectivity index (χ4n) is 3.58. The normalized spacial score (nSPS) is 12.0. The van der Waals surface area contributed by atoms with Gasteiger partial charge in [0.2, 0.25) is 0 Å². The molecule has 0 saturated carbocycles. The molecular formula is C22H15FN4O2. The lowest BCUT2D eigenvalue weighted by Gasteiger charge is -2.24. The van der Waals surface area contributed by atoms with Crippen LogP contribution in [0.4, 0.5) is 10.2 Å². The lowest BCUT2D eigenvalue weighted by molar-refractivity contribution is 0.291. The van der Waals surface area contributed by atoms with E-state index >= 15 is 0 Å². The second-order valence-electron chi connectivity index (χ2n) is 6.59. The van der Waals surface area contributed by atoms with Gasteiger partial charge in [-0.1, -0.05) is 12.1 Å². The smallest absolute Gasteiger partial charge is 0.263 e. The molecule has 0 spiro atoms. The predicted molar refractivity (Wildman–Crippen MR) is 107 cm³/mol. The Morgan fingerprint density at radius 2 is 1.76 bits per heavy atom. The molecule has 0 unspecified atom stereocenters. The number of aromatic nitrogens is 3. The maximum Gasteiger partial charge on any atom is 0.263 e. The van der Waals surface area contributed by atoms with Gasteiger partial charge in [0.1, 0.15) is 29.7 Å². The summed E-state index contributed by atoms with van der Waals surface area (Å²) >= 11 is 0. The van der Waals surface area contributed by atoms with Crippen molar-refractivity contribution < 1.29 is 9.13 Å². The number of fused-ring (bicyclic) bond motifs is 3. The van der Waals surface area contributed by atoms with Crippen molar-refractivity contribution in [3.63, 3.8) is 0 Å². The fraction of sp³-hybridized carbons (Fsp3) is 0.0455. The molecule has 0 fully saturated rings. The van der Waals surface area contributed by atoms with Crippen LogP contribution in [0.3, 0.4) is 0 Å². The summed E-state index contributed by atoms with van der Waals surface area (Å²) in [6.45, 7) is 0.112. The van der Waals surface area contributed by atoms with Crippen LogP contribution in [-0.4, -0.2) is 14.5 Å². The minimum absolute atomic E-state index is 0.112. The molecule has 29 heavy (non-hydrogen) atoms. The van der Waals surface area contributed by atoms with Crippen LogP contribution < -0.4 is 16.0 Å². The molecule has 4 heterocycles. The summed E-state index contributed by atoms with van der Waals surface area (Å²) < 4.78 is 21.8. The molecule has 0 radical (unpaired) electrons. The van der Waals surface area contributed by atoms with Crippen LogP contribution in [0.1, 0.15) is 5.69 Å². The number of ether oxygens (including phenoxy) is 1. The van der Waals surface area contributed by atoms with Crippen LogP contribution in [0.25, 0.3) is 28.1 Å².